The van der Waals surface area contributed by atoms with Gasteiger partial charge in [-0.05, 0) is 75.1 Å². The predicted octanol–water partition coefficient (Wildman–Crippen LogP) is 12.5. The Balaban J connectivity index is 1.11. The van der Waals surface area contributed by atoms with Gasteiger partial charge in [-0.1, -0.05) is 115 Å². The average molecular weight is 615 g/mol. The fraction of sp³-hybridized carbons (Fsp3) is 0. The molecule has 3 heteroatoms. The second-order valence-corrected chi connectivity index (χ2v) is 13.3. The van der Waals surface area contributed by atoms with Crippen molar-refractivity contribution in [2.24, 2.45) is 0 Å². The van der Waals surface area contributed by atoms with Gasteiger partial charge in [-0.3, -0.25) is 0 Å². The first kappa shape index (κ1) is 26.3. The molecule has 0 saturated carbocycles. The van der Waals surface area contributed by atoms with Gasteiger partial charge in [0.05, 0.1) is 22.4 Å². The van der Waals surface area contributed by atoms with E-state index >= 15 is 0 Å². The molecule has 10 rings (SSSR count). The summed E-state index contributed by atoms with van der Waals surface area (Å²) in [5.41, 5.74) is 8.36. The molecule has 3 heterocycles. The first-order chi connectivity index (χ1) is 23.3. The summed E-state index contributed by atoms with van der Waals surface area (Å²) in [6.07, 6.45) is 0. The van der Waals surface area contributed by atoms with Gasteiger partial charge in [0.25, 0.3) is 0 Å². The Morgan fingerprint density at radius 2 is 0.957 bits per heavy atom. The Morgan fingerprint density at radius 3 is 1.81 bits per heavy atom. The molecule has 0 radical (unpaired) electrons. The lowest BCUT2D eigenvalue weighted by Crippen LogP contribution is -1.92. The van der Waals surface area contributed by atoms with Crippen molar-refractivity contribution in [3.05, 3.63) is 158 Å². The van der Waals surface area contributed by atoms with Crippen molar-refractivity contribution in [1.29, 1.82) is 0 Å². The lowest BCUT2D eigenvalue weighted by molar-refractivity contribution is 1.37. The summed E-state index contributed by atoms with van der Waals surface area (Å²) >= 11 is 1.85. The Labute approximate surface area is 275 Å². The fourth-order valence-corrected chi connectivity index (χ4v) is 8.19. The summed E-state index contributed by atoms with van der Waals surface area (Å²) < 4.78 is 2.64. The van der Waals surface area contributed by atoms with Crippen LogP contribution in [0.15, 0.2) is 158 Å². The summed E-state index contributed by atoms with van der Waals surface area (Å²) in [5, 5.41) is 9.72. The molecule has 0 aliphatic heterocycles. The van der Waals surface area contributed by atoms with Gasteiger partial charge in [0.15, 0.2) is 0 Å². The van der Waals surface area contributed by atoms with Gasteiger partial charge in [0.2, 0.25) is 0 Å². The number of hydrogen-bond donors (Lipinski definition) is 0. The molecule has 2 nitrogen and oxygen atoms in total. The van der Waals surface area contributed by atoms with Crippen molar-refractivity contribution in [2.45, 2.75) is 0 Å². The molecule has 7 aromatic carbocycles. The van der Waals surface area contributed by atoms with E-state index in [0.29, 0.717) is 0 Å². The molecule has 0 saturated heterocycles. The van der Waals surface area contributed by atoms with E-state index in [-0.39, 0.29) is 0 Å². The SMILES string of the molecule is c1cc(-c2ccc3sc4ccccc4c3c2)cc(-c2ccc3ccc4ccc(-c5cc6ccccc6c6ccccc56)nc4c3n2)c1. The minimum atomic E-state index is 0.920. The van der Waals surface area contributed by atoms with Gasteiger partial charge in [0.1, 0.15) is 0 Å². The largest absolute Gasteiger partial charge is 0.245 e. The van der Waals surface area contributed by atoms with E-state index in [9.17, 15) is 0 Å². The Morgan fingerprint density at radius 1 is 0.340 bits per heavy atom. The fourth-order valence-electron chi connectivity index (χ4n) is 7.11. The molecule has 0 atom stereocenters. The van der Waals surface area contributed by atoms with Crippen LogP contribution in [-0.4, -0.2) is 9.97 Å². The molecule has 0 spiro atoms. The zero-order valence-electron chi connectivity index (χ0n) is 25.3. The lowest BCUT2D eigenvalue weighted by Gasteiger charge is -2.12. The Bertz CT molecular complexity index is 2860. The number of thiophene rings is 1. The quantitative estimate of drug-likeness (QED) is 0.185. The van der Waals surface area contributed by atoms with Crippen LogP contribution in [0.4, 0.5) is 0 Å². The first-order valence-corrected chi connectivity index (χ1v) is 16.7. The van der Waals surface area contributed by atoms with Crippen LogP contribution >= 0.6 is 11.3 Å². The van der Waals surface area contributed by atoms with Crippen LogP contribution in [0.2, 0.25) is 0 Å². The van der Waals surface area contributed by atoms with Crippen molar-refractivity contribution in [3.63, 3.8) is 0 Å². The monoisotopic (exact) mass is 614 g/mol. The lowest BCUT2D eigenvalue weighted by atomic mass is 9.95. The van der Waals surface area contributed by atoms with Gasteiger partial charge in [0, 0.05) is 42.1 Å². The van der Waals surface area contributed by atoms with Gasteiger partial charge < -0.3 is 0 Å². The molecular weight excluding hydrogens is 589 g/mol. The van der Waals surface area contributed by atoms with E-state index in [1.807, 2.05) is 11.3 Å². The predicted molar refractivity (Wildman–Crippen MR) is 201 cm³/mol. The highest BCUT2D eigenvalue weighted by Gasteiger charge is 2.13. The van der Waals surface area contributed by atoms with Crippen LogP contribution in [0.5, 0.6) is 0 Å². The van der Waals surface area contributed by atoms with Crippen molar-refractivity contribution in [2.75, 3.05) is 0 Å². The molecule has 0 fully saturated rings. The third kappa shape index (κ3) is 4.25. The zero-order valence-corrected chi connectivity index (χ0v) is 26.1. The number of hydrogen-bond acceptors (Lipinski definition) is 3. The molecule has 0 aliphatic rings. The van der Waals surface area contributed by atoms with E-state index in [1.165, 1.54) is 52.8 Å². The van der Waals surface area contributed by atoms with Gasteiger partial charge >= 0.3 is 0 Å². The van der Waals surface area contributed by atoms with E-state index in [1.54, 1.807) is 0 Å². The number of aromatic nitrogens is 2. The van der Waals surface area contributed by atoms with Crippen molar-refractivity contribution >= 4 is 74.9 Å². The van der Waals surface area contributed by atoms with E-state index < -0.39 is 0 Å². The summed E-state index contributed by atoms with van der Waals surface area (Å²) in [7, 11) is 0. The molecular formula is C44H26N2S. The van der Waals surface area contributed by atoms with Crippen LogP contribution < -0.4 is 0 Å². The topological polar surface area (TPSA) is 25.8 Å². The van der Waals surface area contributed by atoms with Gasteiger partial charge in [-0.25, -0.2) is 9.97 Å². The number of benzene rings is 7. The van der Waals surface area contributed by atoms with Crippen LogP contribution in [0, 0.1) is 0 Å². The van der Waals surface area contributed by atoms with Crippen LogP contribution in [0.3, 0.4) is 0 Å². The zero-order chi connectivity index (χ0) is 30.9. The second-order valence-electron chi connectivity index (χ2n) is 12.2. The maximum atomic E-state index is 5.32. The summed E-state index contributed by atoms with van der Waals surface area (Å²) in [6, 6.07) is 56.7. The molecule has 3 aromatic heterocycles. The van der Waals surface area contributed by atoms with Gasteiger partial charge in [-0.2, -0.15) is 0 Å². The number of fused-ring (bicyclic) bond motifs is 9. The highest BCUT2D eigenvalue weighted by Crippen LogP contribution is 2.38. The number of nitrogens with zero attached hydrogens (tertiary/aromatic N) is 2. The first-order valence-electron chi connectivity index (χ1n) is 15.9. The van der Waals surface area contributed by atoms with Gasteiger partial charge in [-0.15, -0.1) is 11.3 Å². The number of pyridine rings is 2. The highest BCUT2D eigenvalue weighted by molar-refractivity contribution is 7.25. The smallest absolute Gasteiger partial charge is 0.0972 e. The van der Waals surface area contributed by atoms with E-state index in [4.69, 9.17) is 9.97 Å². The second kappa shape index (κ2) is 10.3. The molecule has 0 unspecified atom stereocenters. The maximum absolute atomic E-state index is 5.32. The number of rotatable bonds is 3. The van der Waals surface area contributed by atoms with Crippen molar-refractivity contribution < 1.29 is 0 Å². The van der Waals surface area contributed by atoms with Crippen molar-refractivity contribution in [3.8, 4) is 33.6 Å². The molecule has 218 valence electrons. The summed E-state index contributed by atoms with van der Waals surface area (Å²) in [5.74, 6) is 0. The van der Waals surface area contributed by atoms with E-state index in [0.717, 1.165) is 44.3 Å². The Kier molecular flexibility index (Phi) is 5.78. The molecule has 0 amide bonds. The maximum Gasteiger partial charge on any atom is 0.0972 e. The molecule has 10 aromatic rings. The highest BCUT2D eigenvalue weighted by atomic mass is 32.1. The summed E-state index contributed by atoms with van der Waals surface area (Å²) in [6.45, 7) is 0. The third-order valence-corrected chi connectivity index (χ3v) is 10.6. The third-order valence-electron chi connectivity index (χ3n) is 9.43. The minimum absolute atomic E-state index is 0.920. The molecule has 0 aliphatic carbocycles. The molecule has 0 N–H and O–H groups in total. The van der Waals surface area contributed by atoms with Crippen LogP contribution in [0.25, 0.3) is 97.2 Å². The average Bonchev–Trinajstić information content (AvgIpc) is 3.52. The van der Waals surface area contributed by atoms with Crippen LogP contribution in [-0.2, 0) is 0 Å². The minimum Gasteiger partial charge on any atom is -0.245 e. The molecule has 47 heavy (non-hydrogen) atoms. The normalized spacial score (nSPS) is 11.8. The summed E-state index contributed by atoms with van der Waals surface area (Å²) in [4.78, 5) is 10.6. The van der Waals surface area contributed by atoms with E-state index in [2.05, 4.69) is 158 Å². The standard InChI is InChI=1S/C44H26N2S/c1-2-11-33-31(8-1)26-37(35-13-4-3-12-34(33)35)40-22-19-28-17-16-27-18-21-39(45-43(27)44(28)46-40)32-10-7-9-29(24-32)30-20-23-42-38(25-30)36-14-5-6-15-41(36)47-42/h1-26H. The Hall–Kier alpha value is -5.90. The van der Waals surface area contributed by atoms with Crippen LogP contribution in [0.1, 0.15) is 0 Å². The molecule has 0 bridgehead atoms. The van der Waals surface area contributed by atoms with Crippen molar-refractivity contribution in [1.82, 2.24) is 9.97 Å².